The summed E-state index contributed by atoms with van der Waals surface area (Å²) in [7, 11) is 0. The summed E-state index contributed by atoms with van der Waals surface area (Å²) < 4.78 is 1.00. The van der Waals surface area contributed by atoms with E-state index < -0.39 is 0 Å². The van der Waals surface area contributed by atoms with Crippen LogP contribution in [0.4, 0.5) is 0 Å². The zero-order valence-electron chi connectivity index (χ0n) is 12.2. The van der Waals surface area contributed by atoms with Gasteiger partial charge in [-0.1, -0.05) is 13.8 Å². The molecule has 0 radical (unpaired) electrons. The molecule has 1 heterocycles. The summed E-state index contributed by atoms with van der Waals surface area (Å²) in [6.45, 7) is 5.11. The molecule has 0 spiro atoms. The molecule has 0 aliphatic heterocycles. The quantitative estimate of drug-likeness (QED) is 0.527. The van der Waals surface area contributed by atoms with Crippen molar-refractivity contribution in [2.24, 2.45) is 0 Å². The van der Waals surface area contributed by atoms with E-state index in [1.807, 2.05) is 18.3 Å². The number of nitriles is 1. The minimum absolute atomic E-state index is 0.357. The van der Waals surface area contributed by atoms with Crippen LogP contribution < -0.4 is 5.32 Å². The van der Waals surface area contributed by atoms with Crippen molar-refractivity contribution in [3.8, 4) is 6.07 Å². The van der Waals surface area contributed by atoms with E-state index in [1.165, 1.54) is 0 Å². The first-order valence-corrected chi connectivity index (χ1v) is 8.84. The summed E-state index contributed by atoms with van der Waals surface area (Å²) in [5.41, 5.74) is -0.357. The molecule has 0 aromatic carbocycles. The maximum atomic E-state index is 9.41. The fraction of sp³-hybridized carbons (Fsp3) is 0.600. The van der Waals surface area contributed by atoms with Crippen molar-refractivity contribution in [1.82, 2.24) is 10.3 Å². The molecule has 20 heavy (non-hydrogen) atoms. The molecule has 1 unspecified atom stereocenters. The normalized spacial score (nSPS) is 13.7. The fourth-order valence-corrected chi connectivity index (χ4v) is 2.95. The Hall–Kier alpha value is -0.570. The van der Waals surface area contributed by atoms with Gasteiger partial charge in [-0.15, -0.1) is 11.8 Å². The molecule has 1 aromatic heterocycles. The van der Waals surface area contributed by atoms with Gasteiger partial charge in [0.25, 0.3) is 0 Å². The second-order valence-corrected chi connectivity index (χ2v) is 6.77. The van der Waals surface area contributed by atoms with Crippen molar-refractivity contribution in [3.63, 3.8) is 0 Å². The van der Waals surface area contributed by atoms with E-state index in [-0.39, 0.29) is 5.54 Å². The Morgan fingerprint density at radius 1 is 1.45 bits per heavy atom. The fourth-order valence-electron chi connectivity index (χ4n) is 1.93. The lowest BCUT2D eigenvalue weighted by Crippen LogP contribution is -2.43. The van der Waals surface area contributed by atoms with E-state index in [0.29, 0.717) is 0 Å². The number of halogens is 1. The molecule has 0 bridgehead atoms. The van der Waals surface area contributed by atoms with Crippen molar-refractivity contribution >= 4 is 27.7 Å². The van der Waals surface area contributed by atoms with Crippen molar-refractivity contribution in [3.05, 3.63) is 22.8 Å². The van der Waals surface area contributed by atoms with E-state index in [2.05, 4.69) is 46.1 Å². The van der Waals surface area contributed by atoms with Gasteiger partial charge in [-0.25, -0.2) is 4.98 Å². The maximum absolute atomic E-state index is 9.41. The van der Waals surface area contributed by atoms with Crippen LogP contribution in [0, 0.1) is 11.3 Å². The van der Waals surface area contributed by atoms with Crippen LogP contribution in [-0.2, 0) is 0 Å². The molecule has 110 valence electrons. The predicted molar refractivity (Wildman–Crippen MR) is 88.8 cm³/mol. The van der Waals surface area contributed by atoms with Crippen LogP contribution in [0.5, 0.6) is 0 Å². The maximum Gasteiger partial charge on any atom is 0.106 e. The number of nitrogens with zero attached hydrogens (tertiary/aromatic N) is 2. The molecule has 1 N–H and O–H groups in total. The Morgan fingerprint density at radius 3 is 2.80 bits per heavy atom. The van der Waals surface area contributed by atoms with Crippen LogP contribution in [0.2, 0.25) is 0 Å². The van der Waals surface area contributed by atoms with Gasteiger partial charge in [0.1, 0.15) is 5.54 Å². The molecular weight excluding hydrogens is 334 g/mol. The summed E-state index contributed by atoms with van der Waals surface area (Å²) in [5.74, 6) is 0.992. The second-order valence-electron chi connectivity index (χ2n) is 4.74. The first kappa shape index (κ1) is 17.5. The third-order valence-corrected chi connectivity index (χ3v) is 4.73. The summed E-state index contributed by atoms with van der Waals surface area (Å²) >= 11 is 5.13. The van der Waals surface area contributed by atoms with Gasteiger partial charge < -0.3 is 0 Å². The Bertz CT molecular complexity index is 430. The smallest absolute Gasteiger partial charge is 0.106 e. The van der Waals surface area contributed by atoms with Gasteiger partial charge >= 0.3 is 0 Å². The molecule has 0 saturated heterocycles. The van der Waals surface area contributed by atoms with Crippen LogP contribution in [-0.4, -0.2) is 22.8 Å². The molecule has 0 aliphatic carbocycles. The number of hydrogen-bond acceptors (Lipinski definition) is 4. The monoisotopic (exact) mass is 355 g/mol. The SMILES string of the molecule is CCCNC(C#N)(CC)CCCSc1ccc(Br)cn1. The van der Waals surface area contributed by atoms with E-state index in [0.717, 1.165) is 47.5 Å². The third-order valence-electron chi connectivity index (χ3n) is 3.23. The Morgan fingerprint density at radius 2 is 2.25 bits per heavy atom. The van der Waals surface area contributed by atoms with Crippen LogP contribution in [0.25, 0.3) is 0 Å². The van der Waals surface area contributed by atoms with Crippen LogP contribution in [0.15, 0.2) is 27.8 Å². The standard InChI is InChI=1S/C15H22BrN3S/c1-3-9-19-15(4-2,12-17)8-5-10-20-14-7-6-13(16)11-18-14/h6-7,11,19H,3-5,8-10H2,1-2H3. The molecule has 5 heteroatoms. The molecule has 3 nitrogen and oxygen atoms in total. The minimum Gasteiger partial charge on any atom is -0.299 e. The highest BCUT2D eigenvalue weighted by Crippen LogP contribution is 2.22. The van der Waals surface area contributed by atoms with Gasteiger partial charge in [0.05, 0.1) is 11.1 Å². The first-order chi connectivity index (χ1) is 9.65. The molecule has 1 atom stereocenters. The summed E-state index contributed by atoms with van der Waals surface area (Å²) in [6.07, 6.45) is 5.63. The van der Waals surface area contributed by atoms with Gasteiger partial charge in [-0.05, 0) is 66.0 Å². The average Bonchev–Trinajstić information content (AvgIpc) is 2.49. The molecular formula is C15H22BrN3S. The number of hydrogen-bond donors (Lipinski definition) is 1. The largest absolute Gasteiger partial charge is 0.299 e. The molecule has 1 aromatic rings. The lowest BCUT2D eigenvalue weighted by Gasteiger charge is -2.26. The number of rotatable bonds is 9. The second kappa shape index (κ2) is 9.38. The number of aromatic nitrogens is 1. The first-order valence-electron chi connectivity index (χ1n) is 7.06. The van der Waals surface area contributed by atoms with Gasteiger partial charge in [-0.3, -0.25) is 5.32 Å². The topological polar surface area (TPSA) is 48.7 Å². The highest BCUT2D eigenvalue weighted by Gasteiger charge is 2.26. The van der Waals surface area contributed by atoms with Crippen molar-refractivity contribution in [1.29, 1.82) is 5.26 Å². The van der Waals surface area contributed by atoms with Crippen LogP contribution in [0.3, 0.4) is 0 Å². The highest BCUT2D eigenvalue weighted by atomic mass is 79.9. The zero-order chi connectivity index (χ0) is 14.8. The van der Waals surface area contributed by atoms with E-state index in [9.17, 15) is 5.26 Å². The van der Waals surface area contributed by atoms with Gasteiger partial charge in [-0.2, -0.15) is 5.26 Å². The summed E-state index contributed by atoms with van der Waals surface area (Å²) in [5, 5.41) is 13.8. The van der Waals surface area contributed by atoms with Crippen LogP contribution in [0.1, 0.15) is 39.5 Å². The van der Waals surface area contributed by atoms with Gasteiger partial charge in [0.15, 0.2) is 0 Å². The predicted octanol–water partition coefficient (Wildman–Crippen LogP) is 4.39. The minimum atomic E-state index is -0.357. The van der Waals surface area contributed by atoms with Crippen LogP contribution >= 0.6 is 27.7 Å². The Kier molecular flexibility index (Phi) is 8.20. The molecule has 0 amide bonds. The third kappa shape index (κ3) is 5.82. The zero-order valence-corrected chi connectivity index (χ0v) is 14.6. The van der Waals surface area contributed by atoms with Crippen molar-refractivity contribution in [2.45, 2.75) is 50.1 Å². The number of pyridine rings is 1. The van der Waals surface area contributed by atoms with Gasteiger partial charge in [0.2, 0.25) is 0 Å². The summed E-state index contributed by atoms with van der Waals surface area (Å²) in [4.78, 5) is 4.34. The van der Waals surface area contributed by atoms with E-state index in [1.54, 1.807) is 11.8 Å². The Balaban J connectivity index is 2.37. The average molecular weight is 356 g/mol. The van der Waals surface area contributed by atoms with Gasteiger partial charge in [0, 0.05) is 10.7 Å². The van der Waals surface area contributed by atoms with E-state index in [4.69, 9.17) is 0 Å². The molecule has 0 fully saturated rings. The summed E-state index contributed by atoms with van der Waals surface area (Å²) in [6, 6.07) is 6.48. The highest BCUT2D eigenvalue weighted by molar-refractivity contribution is 9.10. The van der Waals surface area contributed by atoms with Crippen molar-refractivity contribution < 1.29 is 0 Å². The lowest BCUT2D eigenvalue weighted by molar-refractivity contribution is 0.371. The molecule has 1 rings (SSSR count). The number of thioether (sulfide) groups is 1. The lowest BCUT2D eigenvalue weighted by atomic mass is 9.92. The number of nitrogens with one attached hydrogen (secondary N) is 1. The Labute approximate surface area is 134 Å². The molecule has 0 saturated carbocycles. The molecule has 0 aliphatic rings. The van der Waals surface area contributed by atoms with Crippen molar-refractivity contribution in [2.75, 3.05) is 12.3 Å². The van der Waals surface area contributed by atoms with E-state index >= 15 is 0 Å².